The van der Waals surface area contributed by atoms with Gasteiger partial charge in [0.25, 0.3) is 0 Å². The predicted molar refractivity (Wildman–Crippen MR) is 101 cm³/mol. The molecule has 0 unspecified atom stereocenters. The molecular weight excluding hydrogens is 306 g/mol. The summed E-state index contributed by atoms with van der Waals surface area (Å²) in [6.07, 6.45) is 14.3. The van der Waals surface area contributed by atoms with Crippen molar-refractivity contribution in [3.63, 3.8) is 0 Å². The van der Waals surface area contributed by atoms with E-state index in [9.17, 15) is 0 Å². The normalized spacial score (nSPS) is 22.8. The first-order valence-electron chi connectivity index (χ1n) is 9.35. The highest BCUT2D eigenvalue weighted by molar-refractivity contribution is 8.00. The summed E-state index contributed by atoms with van der Waals surface area (Å²) in [5.41, 5.74) is 0. The topological polar surface area (TPSA) is 45.7 Å². The second-order valence-corrected chi connectivity index (χ2v) is 8.27. The minimum Gasteiger partial charge on any atom is -0.381 e. The van der Waals surface area contributed by atoms with Crippen LogP contribution in [0.2, 0.25) is 0 Å². The number of hydrogen-bond donors (Lipinski definition) is 2. The lowest BCUT2D eigenvalue weighted by atomic mass is 9.86. The van der Waals surface area contributed by atoms with E-state index in [1.807, 2.05) is 18.8 Å². The van der Waals surface area contributed by atoms with Crippen LogP contribution in [0.25, 0.3) is 0 Å². The van der Waals surface area contributed by atoms with Gasteiger partial charge in [0.1, 0.15) is 0 Å². The van der Waals surface area contributed by atoms with Crippen molar-refractivity contribution >= 4 is 17.7 Å². The van der Waals surface area contributed by atoms with Crippen LogP contribution < -0.4 is 10.6 Å². The Morgan fingerprint density at radius 2 is 1.91 bits per heavy atom. The Kier molecular flexibility index (Phi) is 8.59. The van der Waals surface area contributed by atoms with Gasteiger partial charge < -0.3 is 15.4 Å². The van der Waals surface area contributed by atoms with Gasteiger partial charge >= 0.3 is 0 Å². The van der Waals surface area contributed by atoms with Gasteiger partial charge in [0.05, 0.1) is 0 Å². The lowest BCUT2D eigenvalue weighted by Crippen LogP contribution is -2.48. The molecule has 0 aromatic rings. The summed E-state index contributed by atoms with van der Waals surface area (Å²) in [4.78, 5) is 4.38. The number of nitrogens with zero attached hydrogens (tertiary/aromatic N) is 1. The maximum atomic E-state index is 5.51. The van der Waals surface area contributed by atoms with Crippen LogP contribution >= 0.6 is 11.8 Å². The van der Waals surface area contributed by atoms with Crippen LogP contribution in [-0.2, 0) is 4.74 Å². The van der Waals surface area contributed by atoms with Gasteiger partial charge in [-0.05, 0) is 37.9 Å². The molecule has 2 N–H and O–H groups in total. The highest BCUT2D eigenvalue weighted by Crippen LogP contribution is 2.33. The summed E-state index contributed by atoms with van der Waals surface area (Å²) < 4.78 is 5.81. The molecule has 1 aliphatic carbocycles. The molecule has 0 aromatic heterocycles. The summed E-state index contributed by atoms with van der Waals surface area (Å²) in [7, 11) is 1.87. The van der Waals surface area contributed by atoms with Gasteiger partial charge in [-0.15, -0.1) is 0 Å². The average Bonchev–Trinajstić information content (AvgIpc) is 2.63. The van der Waals surface area contributed by atoms with Crippen molar-refractivity contribution in [1.29, 1.82) is 0 Å². The number of hydrogen-bond acceptors (Lipinski definition) is 3. The van der Waals surface area contributed by atoms with Crippen LogP contribution in [0.15, 0.2) is 4.99 Å². The zero-order valence-electron chi connectivity index (χ0n) is 15.0. The molecule has 4 nitrogen and oxygen atoms in total. The van der Waals surface area contributed by atoms with Gasteiger partial charge in [0.15, 0.2) is 5.96 Å². The van der Waals surface area contributed by atoms with Gasteiger partial charge in [0, 0.05) is 38.1 Å². The lowest BCUT2D eigenvalue weighted by molar-refractivity contribution is 0.0783. The van der Waals surface area contributed by atoms with Crippen LogP contribution in [0.4, 0.5) is 0 Å². The van der Waals surface area contributed by atoms with E-state index >= 15 is 0 Å². The van der Waals surface area contributed by atoms with Crippen molar-refractivity contribution in [2.75, 3.05) is 39.6 Å². The summed E-state index contributed by atoms with van der Waals surface area (Å²) >= 11 is 1.97. The van der Waals surface area contributed by atoms with Crippen molar-refractivity contribution < 1.29 is 4.74 Å². The number of aliphatic imine (C=N–C) groups is 1. The van der Waals surface area contributed by atoms with Crippen LogP contribution in [-0.4, -0.2) is 50.3 Å². The first-order valence-corrected chi connectivity index (χ1v) is 10.6. The molecule has 23 heavy (non-hydrogen) atoms. The summed E-state index contributed by atoms with van der Waals surface area (Å²) in [6, 6.07) is 0. The summed E-state index contributed by atoms with van der Waals surface area (Å²) in [5, 5.41) is 7.02. The maximum Gasteiger partial charge on any atom is 0.191 e. The minimum atomic E-state index is 0.304. The van der Waals surface area contributed by atoms with E-state index in [1.54, 1.807) is 0 Å². The van der Waals surface area contributed by atoms with E-state index in [0.717, 1.165) is 51.0 Å². The summed E-state index contributed by atoms with van der Waals surface area (Å²) in [5.74, 6) is 1.93. The van der Waals surface area contributed by atoms with Crippen LogP contribution in [0.3, 0.4) is 0 Å². The second-order valence-electron chi connectivity index (χ2n) is 7.00. The zero-order valence-corrected chi connectivity index (χ0v) is 15.8. The van der Waals surface area contributed by atoms with E-state index in [2.05, 4.69) is 21.9 Å². The highest BCUT2D eigenvalue weighted by atomic mass is 32.2. The Morgan fingerprint density at radius 1 is 1.17 bits per heavy atom. The SMILES string of the molecule is CN=C(NCCCC1CCCCC1)NCC1(SC)CCOCC1. The molecule has 1 saturated heterocycles. The minimum absolute atomic E-state index is 0.304. The first-order chi connectivity index (χ1) is 11.3. The van der Waals surface area contributed by atoms with Crippen molar-refractivity contribution in [3.8, 4) is 0 Å². The molecule has 1 saturated carbocycles. The Morgan fingerprint density at radius 3 is 2.57 bits per heavy atom. The van der Waals surface area contributed by atoms with Crippen molar-refractivity contribution in [2.24, 2.45) is 10.9 Å². The number of ether oxygens (including phenoxy) is 1. The third-order valence-corrected chi connectivity index (χ3v) is 6.86. The van der Waals surface area contributed by atoms with Gasteiger partial charge in [-0.2, -0.15) is 11.8 Å². The predicted octanol–water partition coefficient (Wildman–Crippen LogP) is 3.42. The van der Waals surface area contributed by atoms with Gasteiger partial charge in [-0.25, -0.2) is 0 Å². The number of guanidine groups is 1. The molecule has 2 rings (SSSR count). The fourth-order valence-corrected chi connectivity index (χ4v) is 4.53. The molecular formula is C18H35N3OS. The summed E-state index contributed by atoms with van der Waals surface area (Å²) in [6.45, 7) is 3.78. The van der Waals surface area contributed by atoms with Gasteiger partial charge in [0.2, 0.25) is 0 Å². The lowest BCUT2D eigenvalue weighted by Gasteiger charge is -2.36. The Balaban J connectivity index is 1.62. The fourth-order valence-electron chi connectivity index (χ4n) is 3.74. The van der Waals surface area contributed by atoms with E-state index in [1.165, 1.54) is 44.9 Å². The monoisotopic (exact) mass is 341 g/mol. The largest absolute Gasteiger partial charge is 0.381 e. The first kappa shape index (κ1) is 18.9. The molecule has 2 aliphatic rings. The van der Waals surface area contributed by atoms with Crippen molar-refractivity contribution in [3.05, 3.63) is 0 Å². The fraction of sp³-hybridized carbons (Fsp3) is 0.944. The van der Waals surface area contributed by atoms with E-state index < -0.39 is 0 Å². The Hall–Kier alpha value is -0.420. The molecule has 0 radical (unpaired) electrons. The highest BCUT2D eigenvalue weighted by Gasteiger charge is 2.31. The molecule has 0 spiro atoms. The maximum absolute atomic E-state index is 5.51. The average molecular weight is 342 g/mol. The van der Waals surface area contributed by atoms with Crippen molar-refractivity contribution in [2.45, 2.75) is 62.5 Å². The van der Waals surface area contributed by atoms with E-state index in [-0.39, 0.29) is 0 Å². The zero-order chi connectivity index (χ0) is 16.4. The number of thioether (sulfide) groups is 1. The smallest absolute Gasteiger partial charge is 0.191 e. The third-order valence-electron chi connectivity index (χ3n) is 5.44. The number of nitrogens with one attached hydrogen (secondary N) is 2. The Labute approximate surface area is 146 Å². The quantitative estimate of drug-likeness (QED) is 0.423. The van der Waals surface area contributed by atoms with E-state index in [0.29, 0.717) is 4.75 Å². The molecule has 0 aromatic carbocycles. The van der Waals surface area contributed by atoms with Crippen LogP contribution in [0, 0.1) is 5.92 Å². The molecule has 0 amide bonds. The number of rotatable bonds is 7. The standard InChI is InChI=1S/C18H35N3OS/c1-19-17(20-12-6-9-16-7-4-3-5-8-16)21-15-18(23-2)10-13-22-14-11-18/h16H,3-15H2,1-2H3,(H2,19,20,21). The van der Waals surface area contributed by atoms with Crippen molar-refractivity contribution in [1.82, 2.24) is 10.6 Å². The van der Waals surface area contributed by atoms with Gasteiger partial charge in [-0.3, -0.25) is 4.99 Å². The molecule has 134 valence electrons. The molecule has 5 heteroatoms. The molecule has 1 heterocycles. The third kappa shape index (κ3) is 6.54. The van der Waals surface area contributed by atoms with E-state index in [4.69, 9.17) is 4.74 Å². The molecule has 2 fully saturated rings. The Bertz CT molecular complexity index is 350. The van der Waals surface area contributed by atoms with Gasteiger partial charge in [-0.1, -0.05) is 32.1 Å². The van der Waals surface area contributed by atoms with Crippen LogP contribution in [0.1, 0.15) is 57.8 Å². The second kappa shape index (κ2) is 10.4. The molecule has 0 atom stereocenters. The molecule has 0 bridgehead atoms. The molecule has 1 aliphatic heterocycles. The van der Waals surface area contributed by atoms with Crippen LogP contribution in [0.5, 0.6) is 0 Å².